The second-order valence-electron chi connectivity index (χ2n) is 5.00. The number of methoxy groups -OCH3 is 1. The van der Waals surface area contributed by atoms with E-state index in [9.17, 15) is 18.5 Å². The van der Waals surface area contributed by atoms with Crippen LogP contribution in [-0.4, -0.2) is 32.6 Å². The number of hydrogen-bond donors (Lipinski definition) is 3. The third-order valence-corrected chi connectivity index (χ3v) is 4.29. The zero-order chi connectivity index (χ0) is 16.3. The van der Waals surface area contributed by atoms with Crippen LogP contribution < -0.4 is 16.0 Å². The first-order chi connectivity index (χ1) is 9.63. The molecule has 1 aromatic carbocycles. The molecule has 1 rings (SSSR count). The molecule has 21 heavy (non-hydrogen) atoms. The van der Waals surface area contributed by atoms with Crippen molar-refractivity contribution in [1.82, 2.24) is 4.72 Å². The summed E-state index contributed by atoms with van der Waals surface area (Å²) in [5.74, 6) is 5.25. The van der Waals surface area contributed by atoms with E-state index in [1.165, 1.54) is 7.11 Å². The molecule has 0 amide bonds. The zero-order valence-corrected chi connectivity index (χ0v) is 12.7. The number of nitrogens with two attached hydrogens (primary N) is 1. The van der Waals surface area contributed by atoms with Gasteiger partial charge in [0.25, 0.3) is 5.69 Å². The van der Waals surface area contributed by atoms with E-state index in [0.29, 0.717) is 0 Å². The normalized spacial score (nSPS) is 12.2. The zero-order valence-electron chi connectivity index (χ0n) is 11.9. The number of rotatable bonds is 7. The van der Waals surface area contributed by atoms with Gasteiger partial charge in [-0.25, -0.2) is 13.1 Å². The molecule has 0 aliphatic rings. The maximum absolute atomic E-state index is 12.4. The first-order valence-corrected chi connectivity index (χ1v) is 7.39. The molecule has 0 aliphatic carbocycles. The van der Waals surface area contributed by atoms with Crippen LogP contribution in [0, 0.1) is 10.1 Å². The molecule has 1 aromatic rings. The van der Waals surface area contributed by atoms with Gasteiger partial charge in [0.15, 0.2) is 0 Å². The number of hydrogen-bond acceptors (Lipinski definition) is 7. The molecule has 4 N–H and O–H groups in total. The van der Waals surface area contributed by atoms with Crippen LogP contribution in [0.3, 0.4) is 0 Å². The van der Waals surface area contributed by atoms with Crippen LogP contribution in [0.1, 0.15) is 13.8 Å². The van der Waals surface area contributed by atoms with Gasteiger partial charge in [-0.3, -0.25) is 16.0 Å². The Kier molecular flexibility index (Phi) is 5.23. The van der Waals surface area contributed by atoms with E-state index < -0.39 is 20.5 Å². The fourth-order valence-electron chi connectivity index (χ4n) is 1.79. The second-order valence-corrected chi connectivity index (χ2v) is 6.66. The highest BCUT2D eigenvalue weighted by Gasteiger charge is 2.28. The minimum atomic E-state index is -3.92. The summed E-state index contributed by atoms with van der Waals surface area (Å²) in [6.45, 7) is 3.45. The van der Waals surface area contributed by atoms with Crippen LogP contribution in [0.5, 0.6) is 0 Å². The Labute approximate surface area is 122 Å². The number of ether oxygens (including phenoxy) is 1. The second kappa shape index (κ2) is 6.35. The summed E-state index contributed by atoms with van der Waals surface area (Å²) in [4.78, 5) is 9.88. The van der Waals surface area contributed by atoms with Crippen LogP contribution >= 0.6 is 0 Å². The Hall–Kier alpha value is -1.75. The van der Waals surface area contributed by atoms with Gasteiger partial charge in [-0.05, 0) is 19.9 Å². The fourth-order valence-corrected chi connectivity index (χ4v) is 3.34. The molecule has 0 atom stereocenters. The molecule has 118 valence electrons. The monoisotopic (exact) mass is 318 g/mol. The lowest BCUT2D eigenvalue weighted by atomic mass is 10.1. The molecular weight excluding hydrogens is 300 g/mol. The maximum Gasteiger partial charge on any atom is 0.271 e. The van der Waals surface area contributed by atoms with E-state index >= 15 is 0 Å². The maximum atomic E-state index is 12.4. The van der Waals surface area contributed by atoms with Gasteiger partial charge in [-0.15, -0.1) is 0 Å². The number of nitrogen functional groups attached to an aromatic ring is 1. The Morgan fingerprint density at radius 3 is 2.52 bits per heavy atom. The smallest absolute Gasteiger partial charge is 0.271 e. The van der Waals surface area contributed by atoms with E-state index in [2.05, 4.69) is 10.1 Å². The molecule has 0 bridgehead atoms. The van der Waals surface area contributed by atoms with E-state index in [0.717, 1.165) is 18.2 Å². The van der Waals surface area contributed by atoms with Crippen molar-refractivity contribution in [3.05, 3.63) is 28.3 Å². The SMILES string of the molecule is COCC(C)(C)NS(=O)(=O)c1ccc([N+](=O)[O-])cc1NN. The summed E-state index contributed by atoms with van der Waals surface area (Å²) >= 11 is 0. The third-order valence-electron chi connectivity index (χ3n) is 2.53. The van der Waals surface area contributed by atoms with Crippen molar-refractivity contribution < 1.29 is 18.1 Å². The van der Waals surface area contributed by atoms with Gasteiger partial charge in [-0.1, -0.05) is 0 Å². The fraction of sp³-hybridized carbons (Fsp3) is 0.455. The minimum absolute atomic E-state index is 0.0649. The van der Waals surface area contributed by atoms with Gasteiger partial charge in [0, 0.05) is 19.2 Å². The average molecular weight is 318 g/mol. The van der Waals surface area contributed by atoms with Crippen molar-refractivity contribution in [2.45, 2.75) is 24.3 Å². The van der Waals surface area contributed by atoms with Gasteiger partial charge < -0.3 is 10.2 Å². The van der Waals surface area contributed by atoms with E-state index in [4.69, 9.17) is 10.6 Å². The number of benzene rings is 1. The van der Waals surface area contributed by atoms with Crippen molar-refractivity contribution in [2.75, 3.05) is 19.1 Å². The molecule has 0 unspecified atom stereocenters. The summed E-state index contributed by atoms with van der Waals surface area (Å²) in [5.41, 5.74) is 0.983. The average Bonchev–Trinajstić information content (AvgIpc) is 2.36. The summed E-state index contributed by atoms with van der Waals surface area (Å²) in [7, 11) is -2.47. The molecule has 0 aromatic heterocycles. The molecule has 0 fully saturated rings. The van der Waals surface area contributed by atoms with Crippen LogP contribution in [0.15, 0.2) is 23.1 Å². The van der Waals surface area contributed by atoms with Gasteiger partial charge in [0.1, 0.15) is 4.90 Å². The Bertz CT molecular complexity index is 630. The summed E-state index contributed by atoms with van der Waals surface area (Å²) < 4.78 is 32.1. The van der Waals surface area contributed by atoms with Gasteiger partial charge in [-0.2, -0.15) is 0 Å². The molecular formula is C11H18N4O5S. The van der Waals surface area contributed by atoms with E-state index in [-0.39, 0.29) is 22.9 Å². The Morgan fingerprint density at radius 2 is 2.05 bits per heavy atom. The van der Waals surface area contributed by atoms with E-state index in [1.807, 2.05) is 0 Å². The Morgan fingerprint density at radius 1 is 1.43 bits per heavy atom. The summed E-state index contributed by atoms with van der Waals surface area (Å²) in [6.07, 6.45) is 0. The van der Waals surface area contributed by atoms with Crippen molar-refractivity contribution in [2.24, 2.45) is 5.84 Å². The number of nitrogens with one attached hydrogen (secondary N) is 2. The van der Waals surface area contributed by atoms with Gasteiger partial charge >= 0.3 is 0 Å². The van der Waals surface area contributed by atoms with Gasteiger partial charge in [0.2, 0.25) is 10.0 Å². The first-order valence-electron chi connectivity index (χ1n) is 5.91. The molecule has 9 nitrogen and oxygen atoms in total. The topological polar surface area (TPSA) is 137 Å². The third kappa shape index (κ3) is 4.36. The molecule has 0 saturated carbocycles. The highest BCUT2D eigenvalue weighted by molar-refractivity contribution is 7.89. The predicted molar refractivity (Wildman–Crippen MR) is 77.2 cm³/mol. The summed E-state index contributed by atoms with van der Waals surface area (Å²) in [6, 6.07) is 3.27. The standard InChI is InChI=1S/C11H18N4O5S/c1-11(2,7-20-3)14-21(18,19)10-5-4-8(15(16)17)6-9(10)13-12/h4-6,13-14H,7,12H2,1-3H3. The number of nitrogens with zero attached hydrogens (tertiary/aromatic N) is 1. The van der Waals surface area contributed by atoms with Crippen LogP contribution in [0.2, 0.25) is 0 Å². The Balaban J connectivity index is 3.22. The van der Waals surface area contributed by atoms with Crippen LogP contribution in [0.25, 0.3) is 0 Å². The molecule has 0 heterocycles. The van der Waals surface area contributed by atoms with E-state index in [1.54, 1.807) is 13.8 Å². The molecule has 0 radical (unpaired) electrons. The van der Waals surface area contributed by atoms with Crippen molar-refractivity contribution >= 4 is 21.4 Å². The lowest BCUT2D eigenvalue weighted by molar-refractivity contribution is -0.384. The van der Waals surface area contributed by atoms with Crippen molar-refractivity contribution in [3.63, 3.8) is 0 Å². The number of nitro groups is 1. The number of sulfonamides is 1. The first kappa shape index (κ1) is 17.3. The predicted octanol–water partition coefficient (Wildman–Crippen LogP) is 0.584. The molecule has 10 heteroatoms. The number of anilines is 1. The minimum Gasteiger partial charge on any atom is -0.383 e. The molecule has 0 spiro atoms. The highest BCUT2D eigenvalue weighted by atomic mass is 32.2. The molecule has 0 saturated heterocycles. The van der Waals surface area contributed by atoms with Crippen LogP contribution in [-0.2, 0) is 14.8 Å². The summed E-state index contributed by atoms with van der Waals surface area (Å²) in [5, 5.41) is 10.7. The van der Waals surface area contributed by atoms with Crippen LogP contribution in [0.4, 0.5) is 11.4 Å². The van der Waals surface area contributed by atoms with Crippen molar-refractivity contribution in [1.29, 1.82) is 0 Å². The number of non-ortho nitro benzene ring substituents is 1. The lowest BCUT2D eigenvalue weighted by Gasteiger charge is -2.25. The number of hydrazine groups is 1. The highest BCUT2D eigenvalue weighted by Crippen LogP contribution is 2.26. The lowest BCUT2D eigenvalue weighted by Crippen LogP contribution is -2.46. The van der Waals surface area contributed by atoms with Gasteiger partial charge in [0.05, 0.1) is 22.8 Å². The number of nitro benzene ring substituents is 1. The van der Waals surface area contributed by atoms with Crippen molar-refractivity contribution in [3.8, 4) is 0 Å². The quantitative estimate of drug-likeness (QED) is 0.380. The molecule has 0 aliphatic heterocycles. The largest absolute Gasteiger partial charge is 0.383 e.